The van der Waals surface area contributed by atoms with Gasteiger partial charge >= 0.3 is 0 Å². The lowest BCUT2D eigenvalue weighted by Crippen LogP contribution is -2.28. The third kappa shape index (κ3) is 2.23. The van der Waals surface area contributed by atoms with Crippen LogP contribution in [0.2, 0.25) is 0 Å². The van der Waals surface area contributed by atoms with Crippen molar-refractivity contribution in [1.29, 1.82) is 0 Å². The molecule has 15 heavy (non-hydrogen) atoms. The van der Waals surface area contributed by atoms with Crippen LogP contribution in [0.1, 0.15) is 24.3 Å². The first kappa shape index (κ1) is 10.3. The van der Waals surface area contributed by atoms with Crippen LogP contribution in [-0.4, -0.2) is 20.2 Å². The molecule has 82 valence electrons. The lowest BCUT2D eigenvalue weighted by atomic mass is 9.91. The van der Waals surface area contributed by atoms with E-state index in [0.717, 1.165) is 18.8 Å². The number of hydrogen-bond donors (Lipinski definition) is 2. The minimum absolute atomic E-state index is 0.605. The van der Waals surface area contributed by atoms with Crippen LogP contribution in [0.5, 0.6) is 5.75 Å². The highest BCUT2D eigenvalue weighted by atomic mass is 16.5. The second kappa shape index (κ2) is 4.53. The van der Waals surface area contributed by atoms with Gasteiger partial charge in [-0.2, -0.15) is 0 Å². The van der Waals surface area contributed by atoms with Crippen molar-refractivity contribution in [1.82, 2.24) is 5.32 Å². The van der Waals surface area contributed by atoms with Crippen molar-refractivity contribution in [2.24, 2.45) is 0 Å². The summed E-state index contributed by atoms with van der Waals surface area (Å²) in [6.45, 7) is 2.20. The first-order chi connectivity index (χ1) is 7.31. The average molecular weight is 206 g/mol. The lowest BCUT2D eigenvalue weighted by Gasteiger charge is -2.23. The topological polar surface area (TPSA) is 47.3 Å². The Morgan fingerprint density at radius 2 is 2.33 bits per heavy atom. The van der Waals surface area contributed by atoms with E-state index in [1.54, 1.807) is 7.11 Å². The third-order valence-electron chi connectivity index (χ3n) is 3.03. The first-order valence-corrected chi connectivity index (χ1v) is 5.45. The summed E-state index contributed by atoms with van der Waals surface area (Å²) in [5.74, 6) is 1.39. The van der Waals surface area contributed by atoms with Gasteiger partial charge in [-0.15, -0.1) is 0 Å². The van der Waals surface area contributed by atoms with Gasteiger partial charge in [0, 0.05) is 6.54 Å². The fourth-order valence-corrected chi connectivity index (χ4v) is 2.12. The van der Waals surface area contributed by atoms with Gasteiger partial charge in [-0.3, -0.25) is 0 Å². The number of benzene rings is 1. The van der Waals surface area contributed by atoms with Gasteiger partial charge in [-0.05, 0) is 43.0 Å². The fraction of sp³-hybridized carbons (Fsp3) is 0.500. The summed E-state index contributed by atoms with van der Waals surface area (Å²) in [6, 6.07) is 6.10. The van der Waals surface area contributed by atoms with Crippen molar-refractivity contribution in [3.8, 4) is 5.75 Å². The molecular weight excluding hydrogens is 188 g/mol. The molecule has 1 aliphatic heterocycles. The van der Waals surface area contributed by atoms with E-state index < -0.39 is 0 Å². The molecule has 0 unspecified atom stereocenters. The van der Waals surface area contributed by atoms with Gasteiger partial charge in [0.2, 0.25) is 0 Å². The van der Waals surface area contributed by atoms with Gasteiger partial charge in [0.15, 0.2) is 0 Å². The summed E-state index contributed by atoms with van der Waals surface area (Å²) in [4.78, 5) is 0. The number of hydrogen-bond acceptors (Lipinski definition) is 3. The van der Waals surface area contributed by atoms with Crippen molar-refractivity contribution < 1.29 is 4.74 Å². The molecule has 0 aromatic heterocycles. The van der Waals surface area contributed by atoms with Crippen molar-refractivity contribution in [2.45, 2.75) is 18.8 Å². The Morgan fingerprint density at radius 3 is 3.00 bits per heavy atom. The number of nitrogen functional groups attached to an aromatic ring is 1. The molecule has 3 N–H and O–H groups in total. The number of nitrogens with one attached hydrogen (secondary N) is 1. The van der Waals surface area contributed by atoms with Crippen LogP contribution in [0.4, 0.5) is 5.69 Å². The summed E-state index contributed by atoms with van der Waals surface area (Å²) in [5, 5.41) is 3.41. The van der Waals surface area contributed by atoms with E-state index in [0.29, 0.717) is 11.6 Å². The van der Waals surface area contributed by atoms with Crippen LogP contribution >= 0.6 is 0 Å². The van der Waals surface area contributed by atoms with Crippen LogP contribution in [0, 0.1) is 0 Å². The smallest absolute Gasteiger partial charge is 0.142 e. The van der Waals surface area contributed by atoms with Crippen LogP contribution in [0.3, 0.4) is 0 Å². The highest BCUT2D eigenvalue weighted by Gasteiger charge is 2.15. The standard InChI is InChI=1S/C12H18N2O/c1-15-12-7-9(4-5-11(12)13)10-3-2-6-14-8-10/h4-5,7,10,14H,2-3,6,8,13H2,1H3/t10-/m1/s1. The number of methoxy groups -OCH3 is 1. The van der Waals surface area contributed by atoms with Crippen LogP contribution in [-0.2, 0) is 0 Å². The molecule has 1 aromatic rings. The Hall–Kier alpha value is -1.22. The highest BCUT2D eigenvalue weighted by Crippen LogP contribution is 2.29. The molecule has 1 heterocycles. The monoisotopic (exact) mass is 206 g/mol. The van der Waals surface area contributed by atoms with Crippen molar-refractivity contribution in [3.05, 3.63) is 23.8 Å². The van der Waals surface area contributed by atoms with Crippen molar-refractivity contribution in [2.75, 3.05) is 25.9 Å². The van der Waals surface area contributed by atoms with E-state index in [2.05, 4.69) is 17.4 Å². The number of piperidine rings is 1. The summed E-state index contributed by atoms with van der Waals surface area (Å²) in [7, 11) is 1.66. The summed E-state index contributed by atoms with van der Waals surface area (Å²) in [5.41, 5.74) is 7.83. The van der Waals surface area contributed by atoms with E-state index >= 15 is 0 Å². The van der Waals surface area contributed by atoms with Crippen LogP contribution in [0.25, 0.3) is 0 Å². The van der Waals surface area contributed by atoms with E-state index in [4.69, 9.17) is 10.5 Å². The van der Waals surface area contributed by atoms with E-state index in [9.17, 15) is 0 Å². The molecule has 0 amide bonds. The summed E-state index contributed by atoms with van der Waals surface area (Å²) >= 11 is 0. The number of nitrogens with two attached hydrogens (primary N) is 1. The summed E-state index contributed by atoms with van der Waals surface area (Å²) in [6.07, 6.45) is 2.50. The first-order valence-electron chi connectivity index (χ1n) is 5.45. The summed E-state index contributed by atoms with van der Waals surface area (Å²) < 4.78 is 5.23. The minimum atomic E-state index is 0.605. The van der Waals surface area contributed by atoms with E-state index in [-0.39, 0.29) is 0 Å². The van der Waals surface area contributed by atoms with Gasteiger partial charge in [0.1, 0.15) is 5.75 Å². The molecule has 0 radical (unpaired) electrons. The predicted octanol–water partition coefficient (Wildman–Crippen LogP) is 1.74. The van der Waals surface area contributed by atoms with Gasteiger partial charge in [-0.25, -0.2) is 0 Å². The zero-order valence-electron chi connectivity index (χ0n) is 9.12. The predicted molar refractivity (Wildman–Crippen MR) is 62.3 cm³/mol. The molecular formula is C12H18N2O. The zero-order valence-corrected chi connectivity index (χ0v) is 9.12. The van der Waals surface area contributed by atoms with Gasteiger partial charge < -0.3 is 15.8 Å². The third-order valence-corrected chi connectivity index (χ3v) is 3.03. The molecule has 3 heteroatoms. The van der Waals surface area contributed by atoms with Gasteiger partial charge in [0.25, 0.3) is 0 Å². The highest BCUT2D eigenvalue weighted by molar-refractivity contribution is 5.54. The maximum Gasteiger partial charge on any atom is 0.142 e. The van der Waals surface area contributed by atoms with E-state index in [1.807, 2.05) is 6.07 Å². The Kier molecular flexibility index (Phi) is 3.11. The zero-order chi connectivity index (χ0) is 10.7. The second-order valence-electron chi connectivity index (χ2n) is 4.04. The van der Waals surface area contributed by atoms with Gasteiger partial charge in [-0.1, -0.05) is 6.07 Å². The molecule has 1 aromatic carbocycles. The maximum absolute atomic E-state index is 5.79. The number of ether oxygens (including phenoxy) is 1. The Labute approximate surface area is 90.6 Å². The molecule has 2 rings (SSSR count). The molecule has 1 atom stereocenters. The molecule has 1 fully saturated rings. The average Bonchev–Trinajstić information content (AvgIpc) is 2.31. The normalized spacial score (nSPS) is 21.3. The molecule has 3 nitrogen and oxygen atoms in total. The van der Waals surface area contributed by atoms with E-state index in [1.165, 1.54) is 18.4 Å². The quantitative estimate of drug-likeness (QED) is 0.725. The van der Waals surface area contributed by atoms with Crippen molar-refractivity contribution >= 4 is 5.69 Å². The largest absolute Gasteiger partial charge is 0.495 e. The van der Waals surface area contributed by atoms with Gasteiger partial charge in [0.05, 0.1) is 12.8 Å². The SMILES string of the molecule is COc1cc([C@@H]2CCCNC2)ccc1N. The molecule has 0 aliphatic carbocycles. The molecule has 0 saturated carbocycles. The second-order valence-corrected chi connectivity index (χ2v) is 4.04. The minimum Gasteiger partial charge on any atom is -0.495 e. The Bertz CT molecular complexity index is 332. The Balaban J connectivity index is 2.20. The number of anilines is 1. The molecule has 1 aliphatic rings. The number of rotatable bonds is 2. The fourth-order valence-electron chi connectivity index (χ4n) is 2.12. The molecule has 0 bridgehead atoms. The molecule has 1 saturated heterocycles. The maximum atomic E-state index is 5.79. The van der Waals surface area contributed by atoms with Crippen LogP contribution < -0.4 is 15.8 Å². The van der Waals surface area contributed by atoms with Crippen LogP contribution in [0.15, 0.2) is 18.2 Å². The lowest BCUT2D eigenvalue weighted by molar-refractivity contribution is 0.413. The van der Waals surface area contributed by atoms with Crippen molar-refractivity contribution in [3.63, 3.8) is 0 Å². The Morgan fingerprint density at radius 1 is 1.47 bits per heavy atom. The molecule has 0 spiro atoms.